The summed E-state index contributed by atoms with van der Waals surface area (Å²) >= 11 is 1.05. The number of rotatable bonds is 8. The van der Waals surface area contributed by atoms with Gasteiger partial charge in [-0.05, 0) is 19.9 Å². The van der Waals surface area contributed by atoms with Gasteiger partial charge in [0, 0.05) is 37.2 Å². The number of esters is 1. The Morgan fingerprint density at radius 2 is 2.29 bits per heavy atom. The van der Waals surface area contributed by atoms with Crippen LogP contribution in [-0.4, -0.2) is 28.7 Å². The van der Waals surface area contributed by atoms with Crippen LogP contribution >= 0.6 is 11.3 Å². The highest BCUT2D eigenvalue weighted by molar-refractivity contribution is 7.07. The predicted octanol–water partition coefficient (Wildman–Crippen LogP) is 1.01. The number of aromatic nitrogens is 2. The zero-order valence-corrected chi connectivity index (χ0v) is 16.5. The minimum absolute atomic E-state index is 0.0115. The van der Waals surface area contributed by atoms with E-state index in [4.69, 9.17) is 4.74 Å². The molecule has 0 aromatic carbocycles. The molecule has 146 valence electrons. The van der Waals surface area contributed by atoms with E-state index in [9.17, 15) is 14.9 Å². The average molecular weight is 399 g/mol. The first-order valence-electron chi connectivity index (χ1n) is 8.64. The Labute approximate surface area is 166 Å². The minimum atomic E-state index is -0.783. The number of anilines is 2. The number of pyridine rings is 1. The Morgan fingerprint density at radius 3 is 2.93 bits per heavy atom. The summed E-state index contributed by atoms with van der Waals surface area (Å²) in [6.07, 6.45) is 4.61. The molecular formula is C19H21N5O3S. The molecule has 0 radical (unpaired) electrons. The Kier molecular flexibility index (Phi) is 7.54. The minimum Gasteiger partial charge on any atom is -0.457 e. The number of carbonyl (C=O) groups is 1. The first-order valence-corrected chi connectivity index (χ1v) is 9.46. The van der Waals surface area contributed by atoms with Crippen LogP contribution in [0.3, 0.4) is 0 Å². The smallest absolute Gasteiger partial charge is 0.352 e. The number of hydrogen-bond acceptors (Lipinski definition) is 8. The van der Waals surface area contributed by atoms with Gasteiger partial charge in [0.05, 0.1) is 0 Å². The van der Waals surface area contributed by atoms with E-state index in [1.54, 1.807) is 25.4 Å². The summed E-state index contributed by atoms with van der Waals surface area (Å²) in [5.41, 5.74) is 0.252. The molecule has 0 saturated heterocycles. The van der Waals surface area contributed by atoms with Gasteiger partial charge in [0.1, 0.15) is 27.7 Å². The Bertz CT molecular complexity index is 1080. The van der Waals surface area contributed by atoms with Crippen molar-refractivity contribution in [2.75, 3.05) is 23.8 Å². The lowest BCUT2D eigenvalue weighted by molar-refractivity contribution is -0.135. The number of nitrogens with zero attached hydrogens (tertiary/aromatic N) is 3. The van der Waals surface area contributed by atoms with Crippen molar-refractivity contribution in [1.82, 2.24) is 9.55 Å². The molecule has 0 saturated carbocycles. The second kappa shape index (κ2) is 10.1. The summed E-state index contributed by atoms with van der Waals surface area (Å²) in [4.78, 5) is 29.0. The van der Waals surface area contributed by atoms with Crippen LogP contribution < -0.4 is 25.4 Å². The third-order valence-electron chi connectivity index (χ3n) is 3.57. The summed E-state index contributed by atoms with van der Waals surface area (Å²) in [7, 11) is 0. The summed E-state index contributed by atoms with van der Waals surface area (Å²) in [6.45, 7) is 8.25. The van der Waals surface area contributed by atoms with Crippen molar-refractivity contribution in [1.29, 1.82) is 5.26 Å². The molecule has 9 heteroatoms. The molecule has 0 aliphatic rings. The van der Waals surface area contributed by atoms with E-state index in [1.807, 2.05) is 19.1 Å². The molecule has 28 heavy (non-hydrogen) atoms. The van der Waals surface area contributed by atoms with Crippen LogP contribution in [0.15, 0.2) is 35.8 Å². The van der Waals surface area contributed by atoms with Gasteiger partial charge in [-0.25, -0.2) is 9.78 Å². The molecule has 0 spiro atoms. The second-order valence-electron chi connectivity index (χ2n) is 5.44. The third-order valence-corrected chi connectivity index (χ3v) is 4.70. The number of nitriles is 1. The van der Waals surface area contributed by atoms with Crippen LogP contribution in [-0.2, 0) is 16.1 Å². The standard InChI is InChI=1S/C19H21N5O3S/c1-4-9-27-19(26)14(11-20)18-24(6-3)17(25)15(28-18)12-23-13-7-8-22-16(10-13)21-5-2/h4,7-8,10,12H,1,5-6,9H2,2-3H3,(H2,21,22,23)/b15-12+,18-14-. The maximum atomic E-state index is 12.7. The van der Waals surface area contributed by atoms with E-state index in [0.29, 0.717) is 16.9 Å². The van der Waals surface area contributed by atoms with Crippen molar-refractivity contribution in [2.45, 2.75) is 20.4 Å². The van der Waals surface area contributed by atoms with Crippen LogP contribution in [0.4, 0.5) is 11.5 Å². The van der Waals surface area contributed by atoms with Crippen molar-refractivity contribution in [3.63, 3.8) is 0 Å². The van der Waals surface area contributed by atoms with Gasteiger partial charge in [-0.2, -0.15) is 5.26 Å². The topological polar surface area (TPSA) is 109 Å². The van der Waals surface area contributed by atoms with E-state index < -0.39 is 5.97 Å². The molecule has 0 atom stereocenters. The summed E-state index contributed by atoms with van der Waals surface area (Å²) in [6, 6.07) is 5.42. The molecule has 8 nitrogen and oxygen atoms in total. The highest BCUT2D eigenvalue weighted by Gasteiger charge is 2.16. The van der Waals surface area contributed by atoms with Crippen molar-refractivity contribution in [2.24, 2.45) is 0 Å². The lowest BCUT2D eigenvalue weighted by Gasteiger charge is -2.04. The highest BCUT2D eigenvalue weighted by Crippen LogP contribution is 2.11. The van der Waals surface area contributed by atoms with Crippen molar-refractivity contribution >= 4 is 40.6 Å². The molecule has 0 unspecified atom stereocenters. The van der Waals surface area contributed by atoms with Crippen LogP contribution in [0.2, 0.25) is 0 Å². The maximum absolute atomic E-state index is 12.7. The number of ether oxygens (including phenoxy) is 1. The van der Waals surface area contributed by atoms with Gasteiger partial charge < -0.3 is 15.4 Å². The van der Waals surface area contributed by atoms with Gasteiger partial charge in [-0.1, -0.05) is 12.7 Å². The predicted molar refractivity (Wildman–Crippen MR) is 110 cm³/mol. The lowest BCUT2D eigenvalue weighted by Crippen LogP contribution is -2.32. The fraction of sp³-hybridized carbons (Fsp3) is 0.263. The monoisotopic (exact) mass is 399 g/mol. The highest BCUT2D eigenvalue weighted by atomic mass is 32.1. The average Bonchev–Trinajstić information content (AvgIpc) is 3.01. The molecule has 2 heterocycles. The van der Waals surface area contributed by atoms with E-state index in [2.05, 4.69) is 22.2 Å². The van der Waals surface area contributed by atoms with Gasteiger partial charge in [-0.3, -0.25) is 9.36 Å². The molecule has 2 rings (SSSR count). The first kappa shape index (κ1) is 20.9. The van der Waals surface area contributed by atoms with Crippen molar-refractivity contribution < 1.29 is 9.53 Å². The Hall–Kier alpha value is -3.38. The SMILES string of the molecule is C=CCOC(=O)/C(C#N)=c1\s/c(=C/Nc2ccnc(NCC)c2)c(=O)n1CC. The number of nitrogens with one attached hydrogen (secondary N) is 2. The summed E-state index contributed by atoms with van der Waals surface area (Å²) in [5.74, 6) is -0.0708. The number of carbonyl (C=O) groups excluding carboxylic acids is 1. The number of hydrogen-bond donors (Lipinski definition) is 2. The zero-order valence-electron chi connectivity index (χ0n) is 15.7. The quantitative estimate of drug-likeness (QED) is 0.504. The molecule has 2 aromatic rings. The summed E-state index contributed by atoms with van der Waals surface area (Å²) in [5, 5.41) is 15.6. The largest absolute Gasteiger partial charge is 0.457 e. The molecule has 2 N–H and O–H groups in total. The first-order chi connectivity index (χ1) is 13.5. The van der Waals surface area contributed by atoms with Crippen molar-refractivity contribution in [3.8, 4) is 6.07 Å². The van der Waals surface area contributed by atoms with E-state index in [0.717, 1.165) is 23.6 Å². The zero-order chi connectivity index (χ0) is 20.5. The van der Waals surface area contributed by atoms with Gasteiger partial charge in [-0.15, -0.1) is 11.3 Å². The molecular weight excluding hydrogens is 378 g/mol. The van der Waals surface area contributed by atoms with Gasteiger partial charge in [0.15, 0.2) is 5.57 Å². The molecule has 0 aliphatic heterocycles. The fourth-order valence-corrected chi connectivity index (χ4v) is 3.40. The van der Waals surface area contributed by atoms with E-state index >= 15 is 0 Å². The summed E-state index contributed by atoms with van der Waals surface area (Å²) < 4.78 is 6.95. The molecule has 2 aromatic heterocycles. The van der Waals surface area contributed by atoms with Crippen LogP contribution in [0.25, 0.3) is 11.8 Å². The van der Waals surface area contributed by atoms with Crippen LogP contribution in [0.5, 0.6) is 0 Å². The van der Waals surface area contributed by atoms with Crippen LogP contribution in [0, 0.1) is 11.3 Å². The normalized spacial score (nSPS) is 12.1. The molecule has 0 fully saturated rings. The van der Waals surface area contributed by atoms with Crippen molar-refractivity contribution in [3.05, 3.63) is 50.5 Å². The Balaban J connectivity index is 2.49. The molecule has 0 amide bonds. The van der Waals surface area contributed by atoms with Gasteiger partial charge in [0.2, 0.25) is 0 Å². The maximum Gasteiger partial charge on any atom is 0.352 e. The fourth-order valence-electron chi connectivity index (χ4n) is 2.33. The molecule has 0 bridgehead atoms. The van der Waals surface area contributed by atoms with E-state index in [-0.39, 0.29) is 22.4 Å². The van der Waals surface area contributed by atoms with Gasteiger partial charge in [0.25, 0.3) is 5.56 Å². The lowest BCUT2D eigenvalue weighted by atomic mass is 10.3. The number of thiazole rings is 1. The Morgan fingerprint density at radius 1 is 1.50 bits per heavy atom. The van der Waals surface area contributed by atoms with E-state index in [1.165, 1.54) is 10.6 Å². The van der Waals surface area contributed by atoms with Crippen LogP contribution in [0.1, 0.15) is 13.8 Å². The second-order valence-corrected chi connectivity index (χ2v) is 6.47. The molecule has 0 aliphatic carbocycles. The van der Waals surface area contributed by atoms with Gasteiger partial charge >= 0.3 is 5.97 Å². The third kappa shape index (κ3) is 4.86.